The Morgan fingerprint density at radius 2 is 2.50 bits per heavy atom. The monoisotopic (exact) mass is 182 g/mol. The summed E-state index contributed by atoms with van der Waals surface area (Å²) in [7, 11) is 0. The lowest BCUT2D eigenvalue weighted by molar-refractivity contribution is 0.244. The van der Waals surface area contributed by atoms with Crippen LogP contribution < -0.4 is 0 Å². The first-order valence-electron chi connectivity index (χ1n) is 4.16. The first kappa shape index (κ1) is 9.49. The fourth-order valence-corrected chi connectivity index (χ4v) is 1.95. The van der Waals surface area contributed by atoms with Gasteiger partial charge in [0.25, 0.3) is 0 Å². The number of allylic oxidation sites excluding steroid dienone is 1. The van der Waals surface area contributed by atoms with Crippen molar-refractivity contribution in [3.05, 3.63) is 28.5 Å². The van der Waals surface area contributed by atoms with Crippen LogP contribution in [0.25, 0.3) is 5.57 Å². The molecule has 0 aliphatic heterocycles. The molecule has 0 saturated heterocycles. The Labute approximate surface area is 77.4 Å². The molecule has 66 valence electrons. The maximum atomic E-state index is 9.18. The van der Waals surface area contributed by atoms with Crippen molar-refractivity contribution >= 4 is 16.9 Å². The second-order valence-electron chi connectivity index (χ2n) is 2.76. The van der Waals surface area contributed by atoms with Gasteiger partial charge in [0, 0.05) is 4.88 Å². The summed E-state index contributed by atoms with van der Waals surface area (Å²) in [4.78, 5) is 1.26. The lowest BCUT2D eigenvalue weighted by Gasteiger charge is -2.02. The fourth-order valence-electron chi connectivity index (χ4n) is 1.13. The molecule has 0 spiro atoms. The van der Waals surface area contributed by atoms with Gasteiger partial charge in [-0.3, -0.25) is 0 Å². The van der Waals surface area contributed by atoms with E-state index in [1.54, 1.807) is 18.3 Å². The van der Waals surface area contributed by atoms with E-state index in [0.717, 1.165) is 6.42 Å². The van der Waals surface area contributed by atoms with Crippen LogP contribution in [0.5, 0.6) is 0 Å². The Kier molecular flexibility index (Phi) is 3.50. The van der Waals surface area contributed by atoms with Gasteiger partial charge in [-0.2, -0.15) is 0 Å². The summed E-state index contributed by atoms with van der Waals surface area (Å²) in [6, 6.07) is 4.12. The van der Waals surface area contributed by atoms with E-state index in [-0.39, 0.29) is 6.10 Å². The molecular formula is C10H14OS. The van der Waals surface area contributed by atoms with Crippen molar-refractivity contribution in [2.24, 2.45) is 0 Å². The van der Waals surface area contributed by atoms with Crippen LogP contribution in [0.2, 0.25) is 0 Å². The third kappa shape index (κ3) is 2.47. The molecule has 1 rings (SSSR count). The fraction of sp³-hybridized carbons (Fsp3) is 0.400. The normalized spacial score (nSPS) is 14.8. The number of thiophene rings is 1. The van der Waals surface area contributed by atoms with Crippen molar-refractivity contribution in [3.63, 3.8) is 0 Å². The quantitative estimate of drug-likeness (QED) is 0.762. The molecule has 1 unspecified atom stereocenters. The van der Waals surface area contributed by atoms with Gasteiger partial charge < -0.3 is 5.11 Å². The van der Waals surface area contributed by atoms with E-state index in [1.807, 2.05) is 12.1 Å². The summed E-state index contributed by atoms with van der Waals surface area (Å²) < 4.78 is 0. The minimum Gasteiger partial charge on any atom is -0.389 e. The Balaban J connectivity index is 2.83. The van der Waals surface area contributed by atoms with Gasteiger partial charge in [0.1, 0.15) is 0 Å². The summed E-state index contributed by atoms with van der Waals surface area (Å²) in [5, 5.41) is 11.2. The van der Waals surface area contributed by atoms with Crippen LogP contribution in [0.4, 0.5) is 0 Å². The Hall–Kier alpha value is -0.600. The van der Waals surface area contributed by atoms with Crippen LogP contribution in [0.3, 0.4) is 0 Å². The van der Waals surface area contributed by atoms with E-state index < -0.39 is 0 Å². The van der Waals surface area contributed by atoms with Crippen molar-refractivity contribution in [2.45, 2.75) is 26.4 Å². The van der Waals surface area contributed by atoms with Crippen molar-refractivity contribution in [2.75, 3.05) is 0 Å². The van der Waals surface area contributed by atoms with Crippen molar-refractivity contribution in [3.8, 4) is 0 Å². The first-order chi connectivity index (χ1) is 5.74. The molecule has 0 aliphatic carbocycles. The molecule has 0 bridgehead atoms. The molecule has 1 nitrogen and oxygen atoms in total. The minimum absolute atomic E-state index is 0.345. The second-order valence-corrected chi connectivity index (χ2v) is 3.71. The molecule has 1 aromatic rings. The smallest absolute Gasteiger partial charge is 0.0698 e. The lowest BCUT2D eigenvalue weighted by Crippen LogP contribution is -1.94. The Bertz CT molecular complexity index is 247. The average molecular weight is 182 g/mol. The van der Waals surface area contributed by atoms with Crippen LogP contribution in [-0.2, 0) is 0 Å². The van der Waals surface area contributed by atoms with Gasteiger partial charge >= 0.3 is 0 Å². The summed E-state index contributed by atoms with van der Waals surface area (Å²) in [6.07, 6.45) is 2.54. The third-order valence-electron chi connectivity index (χ3n) is 1.66. The number of aliphatic hydroxyl groups is 1. The van der Waals surface area contributed by atoms with E-state index in [1.165, 1.54) is 10.5 Å². The van der Waals surface area contributed by atoms with Gasteiger partial charge in [-0.05, 0) is 30.4 Å². The number of hydrogen-bond donors (Lipinski definition) is 1. The van der Waals surface area contributed by atoms with E-state index in [0.29, 0.717) is 0 Å². The molecular weight excluding hydrogens is 168 g/mol. The lowest BCUT2D eigenvalue weighted by atomic mass is 10.1. The average Bonchev–Trinajstić information content (AvgIpc) is 2.51. The van der Waals surface area contributed by atoms with Gasteiger partial charge in [-0.25, -0.2) is 0 Å². The highest BCUT2D eigenvalue weighted by atomic mass is 32.1. The van der Waals surface area contributed by atoms with Crippen LogP contribution >= 0.6 is 11.3 Å². The van der Waals surface area contributed by atoms with Gasteiger partial charge in [0.05, 0.1) is 6.10 Å². The highest BCUT2D eigenvalue weighted by Crippen LogP contribution is 2.23. The molecule has 0 amide bonds. The molecule has 0 radical (unpaired) electrons. The molecule has 1 N–H and O–H groups in total. The Morgan fingerprint density at radius 1 is 1.75 bits per heavy atom. The van der Waals surface area contributed by atoms with Crippen LogP contribution in [-0.4, -0.2) is 11.2 Å². The molecule has 1 aromatic heterocycles. The molecule has 0 aromatic carbocycles. The minimum atomic E-state index is -0.345. The highest BCUT2D eigenvalue weighted by Gasteiger charge is 2.00. The van der Waals surface area contributed by atoms with Crippen LogP contribution in [0.1, 0.15) is 25.1 Å². The zero-order valence-electron chi connectivity index (χ0n) is 7.45. The van der Waals surface area contributed by atoms with E-state index in [9.17, 15) is 5.11 Å². The number of hydrogen-bond acceptors (Lipinski definition) is 2. The molecule has 0 saturated carbocycles. The van der Waals surface area contributed by atoms with Gasteiger partial charge in [-0.15, -0.1) is 11.3 Å². The molecule has 0 fully saturated rings. The van der Waals surface area contributed by atoms with E-state index in [2.05, 4.69) is 18.4 Å². The van der Waals surface area contributed by atoms with E-state index in [4.69, 9.17) is 0 Å². The SMILES string of the molecule is CC/C(=C/C(C)O)c1cccs1. The zero-order valence-corrected chi connectivity index (χ0v) is 8.27. The van der Waals surface area contributed by atoms with Gasteiger partial charge in [0.15, 0.2) is 0 Å². The number of aliphatic hydroxyl groups excluding tert-OH is 1. The number of rotatable bonds is 3. The van der Waals surface area contributed by atoms with Crippen molar-refractivity contribution < 1.29 is 5.11 Å². The summed E-state index contributed by atoms with van der Waals surface area (Å²) in [5.74, 6) is 0. The second kappa shape index (κ2) is 4.43. The van der Waals surface area contributed by atoms with Crippen molar-refractivity contribution in [1.82, 2.24) is 0 Å². The molecule has 1 atom stereocenters. The third-order valence-corrected chi connectivity index (χ3v) is 2.61. The topological polar surface area (TPSA) is 20.2 Å². The van der Waals surface area contributed by atoms with Crippen LogP contribution in [0, 0.1) is 0 Å². The maximum absolute atomic E-state index is 9.18. The summed E-state index contributed by atoms with van der Waals surface area (Å²) in [6.45, 7) is 3.89. The zero-order chi connectivity index (χ0) is 8.97. The maximum Gasteiger partial charge on any atom is 0.0698 e. The predicted octanol–water partition coefficient (Wildman–Crippen LogP) is 2.92. The first-order valence-corrected chi connectivity index (χ1v) is 5.04. The molecule has 2 heteroatoms. The predicted molar refractivity (Wildman–Crippen MR) is 54.3 cm³/mol. The molecule has 0 aliphatic rings. The van der Waals surface area contributed by atoms with Crippen molar-refractivity contribution in [1.29, 1.82) is 0 Å². The highest BCUT2D eigenvalue weighted by molar-refractivity contribution is 7.11. The Morgan fingerprint density at radius 3 is 2.92 bits per heavy atom. The summed E-state index contributed by atoms with van der Waals surface area (Å²) >= 11 is 1.72. The molecule has 1 heterocycles. The van der Waals surface area contributed by atoms with Gasteiger partial charge in [-0.1, -0.05) is 19.1 Å². The summed E-state index contributed by atoms with van der Waals surface area (Å²) in [5.41, 5.74) is 1.24. The van der Waals surface area contributed by atoms with E-state index >= 15 is 0 Å². The molecule has 12 heavy (non-hydrogen) atoms. The standard InChI is InChI=1S/C10H14OS/c1-3-9(7-8(2)11)10-5-4-6-12-10/h4-8,11H,3H2,1-2H3/b9-7-. The largest absolute Gasteiger partial charge is 0.389 e. The van der Waals surface area contributed by atoms with Crippen LogP contribution in [0.15, 0.2) is 23.6 Å². The van der Waals surface area contributed by atoms with Gasteiger partial charge in [0.2, 0.25) is 0 Å².